The number of fused-ring (bicyclic) bond motifs is 1. The minimum atomic E-state index is -0.974. The lowest BCUT2D eigenvalue weighted by molar-refractivity contribution is -0.127. The van der Waals surface area contributed by atoms with Gasteiger partial charge in [0.05, 0.1) is 18.3 Å². The molecular formula is C27H24N6O3. The van der Waals surface area contributed by atoms with E-state index in [4.69, 9.17) is 4.42 Å². The first kappa shape index (κ1) is 23.0. The summed E-state index contributed by atoms with van der Waals surface area (Å²) >= 11 is 0. The number of amides is 2. The number of aromatic nitrogens is 4. The number of aryl methyl sites for hydroxylation is 1. The number of furan rings is 1. The molecule has 2 aromatic carbocycles. The molecule has 5 aromatic rings. The molecule has 9 nitrogen and oxygen atoms in total. The Morgan fingerprint density at radius 1 is 1.06 bits per heavy atom. The molecule has 0 aliphatic carbocycles. The fourth-order valence-corrected chi connectivity index (χ4v) is 4.09. The van der Waals surface area contributed by atoms with Gasteiger partial charge in [0.1, 0.15) is 23.9 Å². The standard InChI is InChI=1S/C27H24N6O3/c1-19-7-4-9-21(15-19)33(25(34)18-32-24-12-3-2-11-23(24)30-31-32)26(20-8-5-13-28-16-20)27(35)29-17-22-10-6-14-36-22/h2-16,26H,17-18H2,1H3,(H,29,35)/t26-/m1/s1. The van der Waals surface area contributed by atoms with Crippen molar-refractivity contribution < 1.29 is 14.0 Å². The molecule has 36 heavy (non-hydrogen) atoms. The third kappa shape index (κ3) is 4.85. The van der Waals surface area contributed by atoms with Gasteiger partial charge < -0.3 is 9.73 Å². The third-order valence-corrected chi connectivity index (χ3v) is 5.78. The van der Waals surface area contributed by atoms with Gasteiger partial charge in [0.25, 0.3) is 0 Å². The highest BCUT2D eigenvalue weighted by atomic mass is 16.3. The normalized spacial score (nSPS) is 11.8. The predicted octanol–water partition coefficient (Wildman–Crippen LogP) is 3.82. The van der Waals surface area contributed by atoms with Crippen molar-refractivity contribution in [3.63, 3.8) is 0 Å². The van der Waals surface area contributed by atoms with Crippen LogP contribution in [0.3, 0.4) is 0 Å². The fraction of sp³-hybridized carbons (Fsp3) is 0.148. The van der Waals surface area contributed by atoms with Gasteiger partial charge in [-0.3, -0.25) is 19.5 Å². The maximum atomic E-state index is 13.9. The second-order valence-corrected chi connectivity index (χ2v) is 8.32. The number of para-hydroxylation sites is 1. The van der Waals surface area contributed by atoms with Crippen LogP contribution in [0.5, 0.6) is 0 Å². The minimum absolute atomic E-state index is 0.101. The molecule has 0 fully saturated rings. The second-order valence-electron chi connectivity index (χ2n) is 8.32. The largest absolute Gasteiger partial charge is 0.467 e. The molecule has 0 aliphatic rings. The van der Waals surface area contributed by atoms with Gasteiger partial charge in [0.15, 0.2) is 0 Å². The van der Waals surface area contributed by atoms with Gasteiger partial charge in [-0.2, -0.15) is 0 Å². The fourth-order valence-electron chi connectivity index (χ4n) is 4.09. The zero-order valence-electron chi connectivity index (χ0n) is 19.6. The summed E-state index contributed by atoms with van der Waals surface area (Å²) in [6, 6.07) is 21.0. The first-order valence-electron chi connectivity index (χ1n) is 11.5. The van der Waals surface area contributed by atoms with Crippen molar-refractivity contribution in [2.75, 3.05) is 4.90 Å². The number of benzene rings is 2. The Kier molecular flexibility index (Phi) is 6.53. The van der Waals surface area contributed by atoms with Crippen LogP contribution in [0.15, 0.2) is 95.9 Å². The molecule has 0 saturated carbocycles. The van der Waals surface area contributed by atoms with Crippen LogP contribution in [-0.4, -0.2) is 31.8 Å². The zero-order chi connectivity index (χ0) is 24.9. The average molecular weight is 481 g/mol. The molecule has 180 valence electrons. The maximum Gasteiger partial charge on any atom is 0.249 e. The summed E-state index contributed by atoms with van der Waals surface area (Å²) in [4.78, 5) is 33.3. The Hall–Kier alpha value is -4.79. The van der Waals surface area contributed by atoms with Gasteiger partial charge in [-0.25, -0.2) is 4.68 Å². The Labute approximate surface area is 207 Å². The summed E-state index contributed by atoms with van der Waals surface area (Å²) in [5, 5.41) is 11.2. The SMILES string of the molecule is Cc1cccc(N(C(=O)Cn2nnc3ccccc32)[C@@H](C(=O)NCc2ccco2)c2cccnc2)c1. The number of hydrogen-bond acceptors (Lipinski definition) is 6. The molecule has 2 amide bonds. The van der Waals surface area contributed by atoms with Crippen molar-refractivity contribution in [2.24, 2.45) is 0 Å². The zero-order valence-corrected chi connectivity index (χ0v) is 19.6. The van der Waals surface area contributed by atoms with E-state index in [1.54, 1.807) is 47.6 Å². The molecule has 1 atom stereocenters. The maximum absolute atomic E-state index is 13.9. The van der Waals surface area contributed by atoms with Crippen molar-refractivity contribution >= 4 is 28.5 Å². The topological polar surface area (TPSA) is 106 Å². The highest BCUT2D eigenvalue weighted by molar-refractivity contribution is 6.01. The molecule has 3 aromatic heterocycles. The summed E-state index contributed by atoms with van der Waals surface area (Å²) in [6.45, 7) is 2.02. The van der Waals surface area contributed by atoms with E-state index in [1.807, 2.05) is 55.5 Å². The number of nitrogens with one attached hydrogen (secondary N) is 1. The first-order chi connectivity index (χ1) is 17.6. The molecule has 3 heterocycles. The van der Waals surface area contributed by atoms with E-state index in [1.165, 1.54) is 4.90 Å². The molecule has 1 N–H and O–H groups in total. The van der Waals surface area contributed by atoms with Crippen molar-refractivity contribution in [2.45, 2.75) is 26.1 Å². The predicted molar refractivity (Wildman–Crippen MR) is 134 cm³/mol. The summed E-state index contributed by atoms with van der Waals surface area (Å²) in [5.41, 5.74) is 3.54. The van der Waals surface area contributed by atoms with Crippen LogP contribution < -0.4 is 10.2 Å². The van der Waals surface area contributed by atoms with E-state index in [0.29, 0.717) is 22.5 Å². The van der Waals surface area contributed by atoms with Gasteiger partial charge in [-0.05, 0) is 55.0 Å². The Bertz CT molecular complexity index is 1480. The highest BCUT2D eigenvalue weighted by Crippen LogP contribution is 2.29. The van der Waals surface area contributed by atoms with Crippen LogP contribution in [0.2, 0.25) is 0 Å². The Balaban J connectivity index is 1.54. The van der Waals surface area contributed by atoms with Gasteiger partial charge in [0.2, 0.25) is 11.8 Å². The molecule has 0 unspecified atom stereocenters. The number of carbonyl (C=O) groups is 2. The lowest BCUT2D eigenvalue weighted by Crippen LogP contribution is -2.45. The Morgan fingerprint density at radius 3 is 2.72 bits per heavy atom. The van der Waals surface area contributed by atoms with E-state index in [-0.39, 0.29) is 24.9 Å². The molecule has 0 radical (unpaired) electrons. The van der Waals surface area contributed by atoms with E-state index >= 15 is 0 Å². The third-order valence-electron chi connectivity index (χ3n) is 5.78. The lowest BCUT2D eigenvalue weighted by Gasteiger charge is -2.31. The van der Waals surface area contributed by atoms with Crippen LogP contribution in [0.4, 0.5) is 5.69 Å². The molecule has 0 aliphatic heterocycles. The van der Waals surface area contributed by atoms with Crippen LogP contribution in [0, 0.1) is 6.92 Å². The molecule has 5 rings (SSSR count). The second kappa shape index (κ2) is 10.2. The van der Waals surface area contributed by atoms with Gasteiger partial charge in [0, 0.05) is 23.6 Å². The smallest absolute Gasteiger partial charge is 0.249 e. The minimum Gasteiger partial charge on any atom is -0.467 e. The van der Waals surface area contributed by atoms with Crippen molar-refractivity contribution in [1.82, 2.24) is 25.3 Å². The van der Waals surface area contributed by atoms with Crippen LogP contribution in [0.1, 0.15) is 22.9 Å². The molecule has 0 spiro atoms. The highest BCUT2D eigenvalue weighted by Gasteiger charge is 2.33. The first-order valence-corrected chi connectivity index (χ1v) is 11.5. The van der Waals surface area contributed by atoms with Crippen molar-refractivity contribution in [3.05, 3.63) is 108 Å². The number of nitrogens with zero attached hydrogens (tertiary/aromatic N) is 5. The lowest BCUT2D eigenvalue weighted by atomic mass is 10.0. The number of rotatable bonds is 8. The quantitative estimate of drug-likeness (QED) is 0.362. The monoisotopic (exact) mass is 480 g/mol. The van der Waals surface area contributed by atoms with E-state index in [0.717, 1.165) is 11.1 Å². The summed E-state index contributed by atoms with van der Waals surface area (Å²) in [7, 11) is 0. The number of carbonyl (C=O) groups excluding carboxylic acids is 2. The number of anilines is 1. The molecule has 0 bridgehead atoms. The summed E-state index contributed by atoms with van der Waals surface area (Å²) in [5.74, 6) is -0.0771. The summed E-state index contributed by atoms with van der Waals surface area (Å²) < 4.78 is 6.91. The van der Waals surface area contributed by atoms with Crippen molar-refractivity contribution in [3.8, 4) is 0 Å². The van der Waals surface area contributed by atoms with Crippen LogP contribution in [0.25, 0.3) is 11.0 Å². The van der Waals surface area contributed by atoms with Gasteiger partial charge in [-0.15, -0.1) is 5.10 Å². The number of hydrogen-bond donors (Lipinski definition) is 1. The molecular weight excluding hydrogens is 456 g/mol. The van der Waals surface area contributed by atoms with Crippen LogP contribution >= 0.6 is 0 Å². The van der Waals surface area contributed by atoms with Crippen LogP contribution in [-0.2, 0) is 22.7 Å². The van der Waals surface area contributed by atoms with E-state index in [2.05, 4.69) is 20.6 Å². The summed E-state index contributed by atoms with van der Waals surface area (Å²) in [6.07, 6.45) is 4.77. The van der Waals surface area contributed by atoms with Gasteiger partial charge >= 0.3 is 0 Å². The van der Waals surface area contributed by atoms with Crippen molar-refractivity contribution in [1.29, 1.82) is 0 Å². The van der Waals surface area contributed by atoms with E-state index < -0.39 is 6.04 Å². The van der Waals surface area contributed by atoms with Gasteiger partial charge in [-0.1, -0.05) is 35.5 Å². The Morgan fingerprint density at radius 2 is 1.94 bits per heavy atom. The molecule has 9 heteroatoms. The molecule has 0 saturated heterocycles. The average Bonchev–Trinajstić information content (AvgIpc) is 3.56. The van der Waals surface area contributed by atoms with E-state index in [9.17, 15) is 9.59 Å². The number of pyridine rings is 1.